The summed E-state index contributed by atoms with van der Waals surface area (Å²) in [6.07, 6.45) is 0. The van der Waals surface area contributed by atoms with Gasteiger partial charge in [0.1, 0.15) is 5.56 Å². The fraction of sp³-hybridized carbons (Fsp3) is 0. The molecule has 0 atom stereocenters. The van der Waals surface area contributed by atoms with Gasteiger partial charge in [0, 0.05) is 11.1 Å². The Morgan fingerprint density at radius 2 is 1.45 bits per heavy atom. The maximum Gasteiger partial charge on any atom is 0.419 e. The molecule has 0 bridgehead atoms. The quantitative estimate of drug-likeness (QED) is 0.751. The van der Waals surface area contributed by atoms with Crippen LogP contribution < -0.4 is 11.3 Å². The second kappa shape index (κ2) is 5.65. The summed E-state index contributed by atoms with van der Waals surface area (Å²) in [5.74, 6) is -1.42. The molecule has 5 heteroatoms. The zero-order valence-corrected chi connectivity index (χ0v) is 11.4. The van der Waals surface area contributed by atoms with Crippen molar-refractivity contribution in [2.75, 3.05) is 0 Å². The fourth-order valence-electron chi connectivity index (χ4n) is 2.16. The van der Waals surface area contributed by atoms with E-state index in [2.05, 4.69) is 0 Å². The maximum atomic E-state index is 12.6. The van der Waals surface area contributed by atoms with Crippen LogP contribution in [0.1, 0.15) is 15.9 Å². The molecule has 22 heavy (non-hydrogen) atoms. The van der Waals surface area contributed by atoms with Crippen molar-refractivity contribution < 1.29 is 9.21 Å². The third kappa shape index (κ3) is 2.52. The highest BCUT2D eigenvalue weighted by Crippen LogP contribution is 2.21. The Bertz CT molecular complexity index is 924. The Kier molecular flexibility index (Phi) is 3.53. The summed E-state index contributed by atoms with van der Waals surface area (Å²) >= 11 is 0. The van der Waals surface area contributed by atoms with Gasteiger partial charge in [0.2, 0.25) is 5.78 Å². The SMILES string of the molecule is O=C(c1ccccc1)c1c(-c2ccccc2)oc(=O)[nH]c1=O. The first-order valence-electron chi connectivity index (χ1n) is 6.59. The van der Waals surface area contributed by atoms with Crippen LogP contribution in [-0.4, -0.2) is 10.8 Å². The molecule has 3 rings (SSSR count). The largest absolute Gasteiger partial charge is 0.419 e. The van der Waals surface area contributed by atoms with Gasteiger partial charge in [0.15, 0.2) is 5.76 Å². The van der Waals surface area contributed by atoms with Gasteiger partial charge >= 0.3 is 5.76 Å². The molecule has 0 fully saturated rings. The van der Waals surface area contributed by atoms with E-state index in [1.54, 1.807) is 60.7 Å². The fourth-order valence-corrected chi connectivity index (χ4v) is 2.16. The molecular formula is C17H11NO4. The van der Waals surface area contributed by atoms with Gasteiger partial charge in [-0.25, -0.2) is 4.79 Å². The highest BCUT2D eigenvalue weighted by atomic mass is 16.4. The maximum absolute atomic E-state index is 12.6. The highest BCUT2D eigenvalue weighted by molar-refractivity contribution is 6.11. The van der Waals surface area contributed by atoms with Crippen LogP contribution in [0.4, 0.5) is 0 Å². The predicted octanol–water partition coefficient (Wildman–Crippen LogP) is 2.23. The summed E-state index contributed by atoms with van der Waals surface area (Å²) < 4.78 is 5.09. The van der Waals surface area contributed by atoms with Gasteiger partial charge in [-0.3, -0.25) is 14.6 Å². The van der Waals surface area contributed by atoms with Crippen LogP contribution in [0.5, 0.6) is 0 Å². The molecule has 108 valence electrons. The van der Waals surface area contributed by atoms with Gasteiger partial charge in [-0.1, -0.05) is 60.7 Å². The first-order valence-corrected chi connectivity index (χ1v) is 6.59. The van der Waals surface area contributed by atoms with E-state index in [0.29, 0.717) is 11.1 Å². The van der Waals surface area contributed by atoms with Crippen molar-refractivity contribution in [3.63, 3.8) is 0 Å². The van der Waals surface area contributed by atoms with Gasteiger partial charge in [-0.05, 0) is 0 Å². The number of aromatic nitrogens is 1. The number of benzene rings is 2. The van der Waals surface area contributed by atoms with Gasteiger partial charge in [-0.15, -0.1) is 0 Å². The summed E-state index contributed by atoms with van der Waals surface area (Å²) in [5.41, 5.74) is -0.107. The molecule has 1 aromatic heterocycles. The van der Waals surface area contributed by atoms with Crippen LogP contribution in [0.2, 0.25) is 0 Å². The Hall–Kier alpha value is -3.21. The summed E-state index contributed by atoms with van der Waals surface area (Å²) in [6.45, 7) is 0. The number of hydrogen-bond acceptors (Lipinski definition) is 4. The van der Waals surface area contributed by atoms with E-state index in [4.69, 9.17) is 4.42 Å². The molecule has 1 heterocycles. The molecule has 0 aliphatic carbocycles. The van der Waals surface area contributed by atoms with Gasteiger partial charge in [0.25, 0.3) is 5.56 Å². The molecule has 3 aromatic rings. The lowest BCUT2D eigenvalue weighted by molar-refractivity contribution is 0.103. The molecule has 0 aliphatic rings. The van der Waals surface area contributed by atoms with Crippen molar-refractivity contribution >= 4 is 5.78 Å². The summed E-state index contributed by atoms with van der Waals surface area (Å²) in [7, 11) is 0. The van der Waals surface area contributed by atoms with E-state index < -0.39 is 17.1 Å². The molecule has 0 spiro atoms. The van der Waals surface area contributed by atoms with Crippen molar-refractivity contribution in [2.45, 2.75) is 0 Å². The molecule has 2 aromatic carbocycles. The minimum absolute atomic E-state index is 0.0248. The van der Waals surface area contributed by atoms with E-state index in [0.717, 1.165) is 0 Å². The number of H-pyrrole nitrogens is 1. The second-order valence-corrected chi connectivity index (χ2v) is 4.61. The van der Waals surface area contributed by atoms with Gasteiger partial charge in [-0.2, -0.15) is 0 Å². The number of carbonyl (C=O) groups excluding carboxylic acids is 1. The zero-order chi connectivity index (χ0) is 15.5. The first kappa shape index (κ1) is 13.8. The highest BCUT2D eigenvalue weighted by Gasteiger charge is 2.21. The van der Waals surface area contributed by atoms with Gasteiger partial charge in [0.05, 0.1) is 0 Å². The van der Waals surface area contributed by atoms with E-state index >= 15 is 0 Å². The lowest BCUT2D eigenvalue weighted by Crippen LogP contribution is -2.26. The summed E-state index contributed by atoms with van der Waals surface area (Å²) in [5, 5.41) is 0. The topological polar surface area (TPSA) is 80.1 Å². The molecule has 1 N–H and O–H groups in total. The smallest absolute Gasteiger partial charge is 0.408 e. The minimum Gasteiger partial charge on any atom is -0.408 e. The van der Waals surface area contributed by atoms with Crippen LogP contribution in [0.25, 0.3) is 11.3 Å². The third-order valence-corrected chi connectivity index (χ3v) is 3.16. The van der Waals surface area contributed by atoms with Crippen molar-refractivity contribution in [2.24, 2.45) is 0 Å². The Balaban J connectivity index is 2.26. The van der Waals surface area contributed by atoms with E-state index in [9.17, 15) is 14.4 Å². The molecular weight excluding hydrogens is 282 g/mol. The third-order valence-electron chi connectivity index (χ3n) is 3.16. The second-order valence-electron chi connectivity index (χ2n) is 4.61. The van der Waals surface area contributed by atoms with Gasteiger partial charge < -0.3 is 4.42 Å². The monoisotopic (exact) mass is 293 g/mol. The lowest BCUT2D eigenvalue weighted by atomic mass is 10.0. The van der Waals surface area contributed by atoms with Crippen LogP contribution in [0.15, 0.2) is 74.7 Å². The van der Waals surface area contributed by atoms with E-state index in [-0.39, 0.29) is 11.3 Å². The van der Waals surface area contributed by atoms with E-state index in [1.807, 2.05) is 4.98 Å². The standard InChI is InChI=1S/C17H11NO4/c19-14(11-7-3-1-4-8-11)13-15(12-9-5-2-6-10-12)22-17(21)18-16(13)20/h1-10H,(H,18,20,21). The molecule has 0 amide bonds. The number of hydrogen-bond donors (Lipinski definition) is 1. The average molecular weight is 293 g/mol. The minimum atomic E-state index is -0.895. The van der Waals surface area contributed by atoms with E-state index in [1.165, 1.54) is 0 Å². The zero-order valence-electron chi connectivity index (χ0n) is 11.4. The number of ketones is 1. The summed E-state index contributed by atoms with van der Waals surface area (Å²) in [4.78, 5) is 38.2. The first-order chi connectivity index (χ1) is 10.7. The number of rotatable bonds is 3. The van der Waals surface area contributed by atoms with Crippen LogP contribution in [-0.2, 0) is 0 Å². The van der Waals surface area contributed by atoms with Crippen molar-refractivity contribution in [1.82, 2.24) is 4.98 Å². The van der Waals surface area contributed by atoms with Crippen molar-refractivity contribution in [3.8, 4) is 11.3 Å². The molecule has 0 radical (unpaired) electrons. The van der Waals surface area contributed by atoms with Crippen molar-refractivity contribution in [3.05, 3.63) is 92.7 Å². The molecule has 5 nitrogen and oxygen atoms in total. The average Bonchev–Trinajstić information content (AvgIpc) is 2.55. The number of aromatic amines is 1. The normalized spacial score (nSPS) is 10.4. The molecule has 0 aliphatic heterocycles. The van der Waals surface area contributed by atoms with Crippen LogP contribution in [0.3, 0.4) is 0 Å². The lowest BCUT2D eigenvalue weighted by Gasteiger charge is -2.06. The Morgan fingerprint density at radius 1 is 0.864 bits per heavy atom. The predicted molar refractivity (Wildman–Crippen MR) is 80.9 cm³/mol. The number of nitrogens with one attached hydrogen (secondary N) is 1. The molecule has 0 saturated carbocycles. The summed E-state index contributed by atoms with van der Waals surface area (Å²) in [6, 6.07) is 16.9. The Labute approximate surface area is 124 Å². The molecule has 0 unspecified atom stereocenters. The van der Waals surface area contributed by atoms with Crippen LogP contribution in [0, 0.1) is 0 Å². The van der Waals surface area contributed by atoms with Crippen molar-refractivity contribution in [1.29, 1.82) is 0 Å². The molecule has 0 saturated heterocycles. The van der Waals surface area contributed by atoms with Crippen LogP contribution >= 0.6 is 0 Å². The Morgan fingerprint density at radius 3 is 2.09 bits per heavy atom. The number of carbonyl (C=O) groups is 1.